The number of nitrogens with zero attached hydrogens (tertiary/aromatic N) is 2. The lowest BCUT2D eigenvalue weighted by atomic mass is 9.86. The smallest absolute Gasteiger partial charge is 0.410 e. The Balaban J connectivity index is 1.86. The van der Waals surface area contributed by atoms with Crippen LogP contribution in [0.4, 0.5) is 4.79 Å². The molecule has 0 radical (unpaired) electrons. The van der Waals surface area contributed by atoms with Gasteiger partial charge in [-0.3, -0.25) is 4.98 Å². The Bertz CT molecular complexity index is 805. The first-order valence-corrected chi connectivity index (χ1v) is 9.99. The third kappa shape index (κ3) is 5.10. The van der Waals surface area contributed by atoms with Crippen molar-refractivity contribution in [2.45, 2.75) is 58.7 Å². The average molecular weight is 383 g/mol. The number of aliphatic hydroxyl groups excluding tert-OH is 1. The van der Waals surface area contributed by atoms with Crippen LogP contribution in [0.25, 0.3) is 5.57 Å². The van der Waals surface area contributed by atoms with E-state index < -0.39 is 5.60 Å². The summed E-state index contributed by atoms with van der Waals surface area (Å²) in [5.74, 6) is 0. The Labute approximate surface area is 167 Å². The van der Waals surface area contributed by atoms with Crippen LogP contribution >= 0.6 is 0 Å². The van der Waals surface area contributed by atoms with E-state index in [1.807, 2.05) is 33.0 Å². The van der Waals surface area contributed by atoms with E-state index in [0.717, 1.165) is 36.8 Å². The zero-order valence-electron chi connectivity index (χ0n) is 17.1. The van der Waals surface area contributed by atoms with Gasteiger partial charge in [-0.25, -0.2) is 4.79 Å². The molecule has 1 N–H and O–H groups in total. The molecule has 2 heterocycles. The number of likely N-dealkylation sites (tertiary alicyclic amines) is 1. The van der Waals surface area contributed by atoms with E-state index in [-0.39, 0.29) is 12.7 Å². The highest BCUT2D eigenvalue weighted by Crippen LogP contribution is 2.35. The highest BCUT2D eigenvalue weighted by Gasteiger charge is 2.26. The molecule has 0 saturated carbocycles. The van der Waals surface area contributed by atoms with Gasteiger partial charge in [-0.1, -0.05) is 23.8 Å². The first-order valence-electron chi connectivity index (χ1n) is 9.99. The Kier molecular flexibility index (Phi) is 6.35. The van der Waals surface area contributed by atoms with Crippen molar-refractivity contribution in [3.05, 3.63) is 59.0 Å². The van der Waals surface area contributed by atoms with Crippen molar-refractivity contribution in [1.82, 2.24) is 9.88 Å². The number of rotatable bonds is 3. The van der Waals surface area contributed by atoms with E-state index >= 15 is 0 Å². The van der Waals surface area contributed by atoms with E-state index in [0.29, 0.717) is 13.1 Å². The monoisotopic (exact) mass is 382 g/mol. The minimum Gasteiger partial charge on any atom is -0.444 e. The molecule has 1 saturated heterocycles. The molecule has 1 aliphatic heterocycles. The predicted octanol–water partition coefficient (Wildman–Crippen LogP) is 4.63. The van der Waals surface area contributed by atoms with Gasteiger partial charge >= 0.3 is 6.09 Å². The molecule has 2 aliphatic rings. The van der Waals surface area contributed by atoms with Gasteiger partial charge in [0.05, 0.1) is 6.61 Å². The van der Waals surface area contributed by atoms with Crippen molar-refractivity contribution in [2.24, 2.45) is 0 Å². The summed E-state index contributed by atoms with van der Waals surface area (Å²) in [6.45, 7) is 6.95. The molecule has 5 nitrogen and oxygen atoms in total. The van der Waals surface area contributed by atoms with Gasteiger partial charge in [0.1, 0.15) is 5.60 Å². The van der Waals surface area contributed by atoms with Crippen LogP contribution in [0.5, 0.6) is 0 Å². The molecule has 1 aromatic rings. The van der Waals surface area contributed by atoms with E-state index in [2.05, 4.69) is 23.2 Å². The Hall–Kier alpha value is -2.40. The number of pyridine rings is 1. The van der Waals surface area contributed by atoms with E-state index in [1.54, 1.807) is 11.1 Å². The highest BCUT2D eigenvalue weighted by molar-refractivity contribution is 5.84. The Morgan fingerprint density at radius 3 is 2.57 bits per heavy atom. The molecular weight excluding hydrogens is 352 g/mol. The molecule has 0 spiro atoms. The number of piperidine rings is 1. The SMILES string of the molecule is CC(C)(C)OC(=O)N1CCC(=C(C2=CCCC=C2)c2cncc(CO)c2)CC1. The number of aromatic nitrogens is 1. The largest absolute Gasteiger partial charge is 0.444 e. The fourth-order valence-corrected chi connectivity index (χ4v) is 3.62. The number of allylic oxidation sites excluding steroid dienone is 5. The van der Waals surface area contributed by atoms with Crippen molar-refractivity contribution in [1.29, 1.82) is 0 Å². The van der Waals surface area contributed by atoms with Gasteiger partial charge in [-0.15, -0.1) is 0 Å². The first-order chi connectivity index (χ1) is 13.4. The van der Waals surface area contributed by atoms with Crippen LogP contribution in [0.3, 0.4) is 0 Å². The molecule has 1 aliphatic carbocycles. The van der Waals surface area contributed by atoms with Crippen LogP contribution in [0.2, 0.25) is 0 Å². The molecule has 0 aromatic carbocycles. The van der Waals surface area contributed by atoms with Gasteiger partial charge in [0.2, 0.25) is 0 Å². The van der Waals surface area contributed by atoms with Gasteiger partial charge in [-0.2, -0.15) is 0 Å². The van der Waals surface area contributed by atoms with E-state index in [1.165, 1.54) is 16.7 Å². The molecule has 28 heavy (non-hydrogen) atoms. The molecule has 0 bridgehead atoms. The fraction of sp³-hybridized carbons (Fsp3) is 0.478. The summed E-state index contributed by atoms with van der Waals surface area (Å²) in [6, 6.07) is 2.01. The quantitative estimate of drug-likeness (QED) is 0.827. The van der Waals surface area contributed by atoms with Gasteiger partial charge in [0.15, 0.2) is 0 Å². The number of amides is 1. The number of aliphatic hydroxyl groups is 1. The minimum absolute atomic E-state index is 0.0231. The van der Waals surface area contributed by atoms with Gasteiger partial charge in [0, 0.05) is 31.0 Å². The number of ether oxygens (including phenoxy) is 1. The lowest BCUT2D eigenvalue weighted by Crippen LogP contribution is -2.40. The molecule has 1 amide bonds. The lowest BCUT2D eigenvalue weighted by Gasteiger charge is -2.32. The van der Waals surface area contributed by atoms with Crippen molar-refractivity contribution >= 4 is 11.7 Å². The number of carbonyl (C=O) groups is 1. The zero-order valence-corrected chi connectivity index (χ0v) is 17.1. The van der Waals surface area contributed by atoms with E-state index in [9.17, 15) is 9.90 Å². The Morgan fingerprint density at radius 1 is 1.21 bits per heavy atom. The molecule has 1 aromatic heterocycles. The van der Waals surface area contributed by atoms with Crippen LogP contribution in [-0.4, -0.2) is 39.8 Å². The molecule has 150 valence electrons. The lowest BCUT2D eigenvalue weighted by molar-refractivity contribution is 0.0236. The van der Waals surface area contributed by atoms with Gasteiger partial charge in [-0.05, 0) is 69.2 Å². The van der Waals surface area contributed by atoms with Crippen molar-refractivity contribution in [3.8, 4) is 0 Å². The summed E-state index contributed by atoms with van der Waals surface area (Å²) in [5, 5.41) is 9.51. The zero-order chi connectivity index (χ0) is 20.1. The minimum atomic E-state index is -0.480. The summed E-state index contributed by atoms with van der Waals surface area (Å²) in [7, 11) is 0. The number of hydrogen-bond donors (Lipinski definition) is 1. The van der Waals surface area contributed by atoms with Crippen LogP contribution in [0, 0.1) is 0 Å². The third-order valence-electron chi connectivity index (χ3n) is 4.92. The van der Waals surface area contributed by atoms with Crippen LogP contribution in [-0.2, 0) is 11.3 Å². The second kappa shape index (κ2) is 8.74. The maximum absolute atomic E-state index is 12.4. The number of carbonyl (C=O) groups excluding carboxylic acids is 1. The van der Waals surface area contributed by atoms with Crippen molar-refractivity contribution in [3.63, 3.8) is 0 Å². The van der Waals surface area contributed by atoms with Crippen LogP contribution < -0.4 is 0 Å². The molecular formula is C23H30N2O3. The molecule has 1 fully saturated rings. The number of hydrogen-bond acceptors (Lipinski definition) is 4. The summed E-state index contributed by atoms with van der Waals surface area (Å²) in [5.41, 5.74) is 5.10. The summed E-state index contributed by atoms with van der Waals surface area (Å²) in [6.07, 6.45) is 13.7. The second-order valence-electron chi connectivity index (χ2n) is 8.33. The Morgan fingerprint density at radius 2 is 1.96 bits per heavy atom. The predicted molar refractivity (Wildman–Crippen MR) is 111 cm³/mol. The van der Waals surface area contributed by atoms with Crippen LogP contribution in [0.1, 0.15) is 57.6 Å². The molecule has 0 unspecified atom stereocenters. The first kappa shape index (κ1) is 20.3. The van der Waals surface area contributed by atoms with Crippen LogP contribution in [0.15, 0.2) is 47.8 Å². The maximum atomic E-state index is 12.4. The van der Waals surface area contributed by atoms with Gasteiger partial charge < -0.3 is 14.7 Å². The topological polar surface area (TPSA) is 62.7 Å². The highest BCUT2D eigenvalue weighted by atomic mass is 16.6. The third-order valence-corrected chi connectivity index (χ3v) is 4.92. The summed E-state index contributed by atoms with van der Waals surface area (Å²) >= 11 is 0. The summed E-state index contributed by atoms with van der Waals surface area (Å²) < 4.78 is 5.51. The average Bonchev–Trinajstić information content (AvgIpc) is 2.68. The maximum Gasteiger partial charge on any atom is 0.410 e. The fourth-order valence-electron chi connectivity index (χ4n) is 3.62. The van der Waals surface area contributed by atoms with Crippen molar-refractivity contribution in [2.75, 3.05) is 13.1 Å². The van der Waals surface area contributed by atoms with Crippen molar-refractivity contribution < 1.29 is 14.6 Å². The normalized spacial score (nSPS) is 17.4. The molecule has 3 rings (SSSR count). The molecule has 5 heteroatoms. The molecule has 0 atom stereocenters. The second-order valence-corrected chi connectivity index (χ2v) is 8.33. The summed E-state index contributed by atoms with van der Waals surface area (Å²) in [4.78, 5) is 18.5. The van der Waals surface area contributed by atoms with Gasteiger partial charge in [0.25, 0.3) is 0 Å². The van der Waals surface area contributed by atoms with E-state index in [4.69, 9.17) is 4.74 Å². The standard InChI is InChI=1S/C23H30N2O3/c1-23(2,3)28-22(27)25-11-9-19(10-12-25)21(18-7-5-4-6-8-18)20-13-17(16-26)14-24-15-20/h5,7-8,13-15,26H,4,6,9-12,16H2,1-3H3.